The monoisotopic (exact) mass is 396 g/mol. The van der Waals surface area contributed by atoms with E-state index in [1.54, 1.807) is 0 Å². The van der Waals surface area contributed by atoms with Crippen molar-refractivity contribution in [2.24, 2.45) is 0 Å². The molecule has 1 aromatic carbocycles. The standard InChI is InChI=1S/C18H20O10/c1-9(19)27-13-7-18(26,17(24)25)8-14(16(13)23)28-15(22)5-3-10-2-4-11(20)12(21)6-10/h2-6,13-14,16,20-21,23,26H,7-8H2,1H3,(H,24,25). The van der Waals surface area contributed by atoms with Crippen molar-refractivity contribution in [1.29, 1.82) is 0 Å². The SMILES string of the molecule is CC(=O)OC1CC(O)(C(=O)O)CC(OC(=O)C=Cc2ccc(O)c(O)c2)C1O. The van der Waals surface area contributed by atoms with Gasteiger partial charge in [-0.1, -0.05) is 6.07 Å². The predicted molar refractivity (Wildman–Crippen MR) is 92.1 cm³/mol. The van der Waals surface area contributed by atoms with Gasteiger partial charge in [0.1, 0.15) is 18.3 Å². The fourth-order valence-corrected chi connectivity index (χ4v) is 2.84. The van der Waals surface area contributed by atoms with Gasteiger partial charge in [-0.25, -0.2) is 9.59 Å². The maximum absolute atomic E-state index is 12.0. The summed E-state index contributed by atoms with van der Waals surface area (Å²) in [6.07, 6.45) is -3.29. The average Bonchev–Trinajstić information content (AvgIpc) is 2.59. The molecule has 1 saturated carbocycles. The molecule has 4 atom stereocenters. The Hall–Kier alpha value is -3.11. The second-order valence-electron chi connectivity index (χ2n) is 6.44. The number of ether oxygens (including phenoxy) is 2. The summed E-state index contributed by atoms with van der Waals surface area (Å²) in [7, 11) is 0. The molecule has 0 spiro atoms. The second-order valence-corrected chi connectivity index (χ2v) is 6.44. The molecule has 1 fully saturated rings. The van der Waals surface area contributed by atoms with E-state index >= 15 is 0 Å². The number of aromatic hydroxyl groups is 2. The molecule has 4 unspecified atom stereocenters. The van der Waals surface area contributed by atoms with E-state index < -0.39 is 60.4 Å². The zero-order chi connectivity index (χ0) is 21.1. The van der Waals surface area contributed by atoms with Crippen molar-refractivity contribution in [2.45, 2.75) is 43.7 Å². The number of carboxylic acid groups (broad SMARTS) is 1. The smallest absolute Gasteiger partial charge is 0.335 e. The summed E-state index contributed by atoms with van der Waals surface area (Å²) in [5, 5.41) is 48.4. The van der Waals surface area contributed by atoms with Gasteiger partial charge in [0.05, 0.1) is 0 Å². The number of aliphatic carboxylic acids is 1. The van der Waals surface area contributed by atoms with Gasteiger partial charge in [-0.2, -0.15) is 0 Å². The molecule has 0 heterocycles. The van der Waals surface area contributed by atoms with Crippen LogP contribution in [0, 0.1) is 0 Å². The highest BCUT2D eigenvalue weighted by Crippen LogP contribution is 2.33. The Kier molecular flexibility index (Phi) is 6.26. The highest BCUT2D eigenvalue weighted by molar-refractivity contribution is 5.87. The lowest BCUT2D eigenvalue weighted by molar-refractivity contribution is -0.204. The van der Waals surface area contributed by atoms with Crippen LogP contribution in [0.25, 0.3) is 6.08 Å². The van der Waals surface area contributed by atoms with Crippen LogP contribution in [0.2, 0.25) is 0 Å². The fraction of sp³-hybridized carbons (Fsp3) is 0.389. The highest BCUT2D eigenvalue weighted by atomic mass is 16.6. The van der Waals surface area contributed by atoms with Crippen LogP contribution in [-0.4, -0.2) is 67.4 Å². The summed E-state index contributed by atoms with van der Waals surface area (Å²) < 4.78 is 9.88. The number of carboxylic acids is 1. The third-order valence-corrected chi connectivity index (χ3v) is 4.23. The van der Waals surface area contributed by atoms with Crippen LogP contribution < -0.4 is 0 Å². The van der Waals surface area contributed by atoms with Gasteiger partial charge in [-0.15, -0.1) is 0 Å². The van der Waals surface area contributed by atoms with Gasteiger partial charge in [0.15, 0.2) is 17.1 Å². The number of carbonyl (C=O) groups excluding carboxylic acids is 2. The lowest BCUT2D eigenvalue weighted by Gasteiger charge is -2.40. The Morgan fingerprint density at radius 1 is 1.11 bits per heavy atom. The number of phenolic OH excluding ortho intramolecular Hbond substituents is 2. The summed E-state index contributed by atoms with van der Waals surface area (Å²) in [5.41, 5.74) is -1.99. The molecule has 0 radical (unpaired) electrons. The summed E-state index contributed by atoms with van der Waals surface area (Å²) in [5.74, 6) is -4.10. The minimum atomic E-state index is -2.35. The molecule has 152 valence electrons. The van der Waals surface area contributed by atoms with Gasteiger partial charge in [0.25, 0.3) is 0 Å². The first-order valence-electron chi connectivity index (χ1n) is 8.23. The van der Waals surface area contributed by atoms with Crippen LogP contribution in [0.5, 0.6) is 11.5 Å². The molecular weight excluding hydrogens is 376 g/mol. The molecule has 0 aliphatic heterocycles. The quantitative estimate of drug-likeness (QED) is 0.258. The number of benzene rings is 1. The average molecular weight is 396 g/mol. The van der Waals surface area contributed by atoms with Gasteiger partial charge in [-0.05, 0) is 23.8 Å². The normalized spacial score (nSPS) is 27.3. The van der Waals surface area contributed by atoms with Crippen molar-refractivity contribution in [1.82, 2.24) is 0 Å². The number of esters is 2. The van der Waals surface area contributed by atoms with Crippen molar-refractivity contribution in [3.8, 4) is 11.5 Å². The lowest BCUT2D eigenvalue weighted by atomic mass is 9.79. The number of rotatable bonds is 5. The van der Waals surface area contributed by atoms with E-state index in [9.17, 15) is 39.9 Å². The van der Waals surface area contributed by atoms with Gasteiger partial charge in [0, 0.05) is 25.8 Å². The van der Waals surface area contributed by atoms with Crippen LogP contribution >= 0.6 is 0 Å². The molecule has 1 aliphatic carbocycles. The van der Waals surface area contributed by atoms with Crippen LogP contribution in [0.15, 0.2) is 24.3 Å². The Labute approximate surface area is 159 Å². The Bertz CT molecular complexity index is 802. The van der Waals surface area contributed by atoms with Crippen LogP contribution in [0.4, 0.5) is 0 Å². The fourth-order valence-electron chi connectivity index (χ4n) is 2.84. The Morgan fingerprint density at radius 2 is 1.71 bits per heavy atom. The summed E-state index contributed by atoms with van der Waals surface area (Å²) in [6, 6.07) is 3.81. The summed E-state index contributed by atoms with van der Waals surface area (Å²) in [6.45, 7) is 1.05. The van der Waals surface area contributed by atoms with E-state index in [2.05, 4.69) is 0 Å². The molecule has 0 amide bonds. The van der Waals surface area contributed by atoms with E-state index in [1.165, 1.54) is 24.3 Å². The molecule has 0 aromatic heterocycles. The van der Waals surface area contributed by atoms with Crippen molar-refractivity contribution in [3.05, 3.63) is 29.8 Å². The Morgan fingerprint density at radius 3 is 2.25 bits per heavy atom. The number of hydrogen-bond donors (Lipinski definition) is 5. The molecule has 2 rings (SSSR count). The maximum Gasteiger partial charge on any atom is 0.335 e. The van der Waals surface area contributed by atoms with Gasteiger partial charge in [0.2, 0.25) is 0 Å². The third-order valence-electron chi connectivity index (χ3n) is 4.23. The van der Waals surface area contributed by atoms with E-state index in [4.69, 9.17) is 9.47 Å². The first-order valence-corrected chi connectivity index (χ1v) is 8.23. The molecule has 10 heteroatoms. The van der Waals surface area contributed by atoms with Gasteiger partial charge >= 0.3 is 17.9 Å². The first-order chi connectivity index (χ1) is 13.0. The molecule has 5 N–H and O–H groups in total. The van der Waals surface area contributed by atoms with Crippen LogP contribution in [-0.2, 0) is 23.9 Å². The highest BCUT2D eigenvalue weighted by Gasteiger charge is 2.52. The third kappa shape index (κ3) is 4.99. The van der Waals surface area contributed by atoms with E-state index in [1.807, 2.05) is 0 Å². The van der Waals surface area contributed by atoms with Crippen molar-refractivity contribution in [2.75, 3.05) is 0 Å². The lowest BCUT2D eigenvalue weighted by Crippen LogP contribution is -2.58. The van der Waals surface area contributed by atoms with Gasteiger partial charge < -0.3 is 35.0 Å². The molecule has 0 saturated heterocycles. The van der Waals surface area contributed by atoms with E-state index in [-0.39, 0.29) is 5.75 Å². The van der Waals surface area contributed by atoms with Crippen molar-refractivity contribution < 1.29 is 49.4 Å². The van der Waals surface area contributed by atoms with E-state index in [0.717, 1.165) is 13.0 Å². The van der Waals surface area contributed by atoms with Crippen molar-refractivity contribution >= 4 is 24.0 Å². The van der Waals surface area contributed by atoms with Crippen molar-refractivity contribution in [3.63, 3.8) is 0 Å². The van der Waals surface area contributed by atoms with Gasteiger partial charge in [-0.3, -0.25) is 4.79 Å². The number of aliphatic hydroxyl groups is 2. The summed E-state index contributed by atoms with van der Waals surface area (Å²) >= 11 is 0. The molecule has 0 bridgehead atoms. The number of carbonyl (C=O) groups is 3. The van der Waals surface area contributed by atoms with Crippen LogP contribution in [0.1, 0.15) is 25.3 Å². The number of phenols is 2. The molecule has 1 aliphatic rings. The summed E-state index contributed by atoms with van der Waals surface area (Å²) in [4.78, 5) is 34.5. The van der Waals surface area contributed by atoms with E-state index in [0.29, 0.717) is 5.56 Å². The topological polar surface area (TPSA) is 171 Å². The zero-order valence-electron chi connectivity index (χ0n) is 14.8. The maximum atomic E-state index is 12.0. The first kappa shape index (κ1) is 21.2. The number of aliphatic hydroxyl groups excluding tert-OH is 1. The largest absolute Gasteiger partial charge is 0.504 e. The Balaban J connectivity index is 2.13. The predicted octanol–water partition coefficient (Wildman–Crippen LogP) is -0.0751. The molecule has 28 heavy (non-hydrogen) atoms. The minimum Gasteiger partial charge on any atom is -0.504 e. The minimum absolute atomic E-state index is 0.338. The second kappa shape index (κ2) is 8.28. The van der Waals surface area contributed by atoms with Crippen LogP contribution in [0.3, 0.4) is 0 Å². The molecule has 1 aromatic rings. The zero-order valence-corrected chi connectivity index (χ0v) is 14.8. The molecular formula is C18H20O10. The molecule has 10 nitrogen and oxygen atoms in total. The number of hydrogen-bond acceptors (Lipinski definition) is 9.